The highest BCUT2D eigenvalue weighted by Gasteiger charge is 2.71. The van der Waals surface area contributed by atoms with Crippen molar-refractivity contribution < 1.29 is 13.9 Å². The highest BCUT2D eigenvalue weighted by molar-refractivity contribution is 6.03. The average Bonchev–Trinajstić information content (AvgIpc) is 2.96. The fourth-order valence-electron chi connectivity index (χ4n) is 4.80. The molecule has 4 rings (SSSR count). The lowest BCUT2D eigenvalue weighted by atomic mass is 9.46. The van der Waals surface area contributed by atoms with Crippen LogP contribution in [0.25, 0.3) is 0 Å². The van der Waals surface area contributed by atoms with Gasteiger partial charge in [-0.3, -0.25) is 4.79 Å². The van der Waals surface area contributed by atoms with E-state index in [0.29, 0.717) is 12.2 Å². The third-order valence-electron chi connectivity index (χ3n) is 6.23. The summed E-state index contributed by atoms with van der Waals surface area (Å²) in [7, 11) is 0. The fourth-order valence-corrected chi connectivity index (χ4v) is 4.80. The number of nitrogens with two attached hydrogens (primary N) is 1. The van der Waals surface area contributed by atoms with Crippen molar-refractivity contribution in [3.8, 4) is 0 Å². The number of hydrogen-bond acceptors (Lipinski definition) is 3. The number of halogens is 1. The number of carbonyl (C=O) groups is 1. The van der Waals surface area contributed by atoms with Crippen LogP contribution in [0.15, 0.2) is 18.2 Å². The van der Waals surface area contributed by atoms with Crippen LogP contribution in [0.4, 0.5) is 10.1 Å². The quantitative estimate of drug-likeness (QED) is 0.864. The smallest absolute Gasteiger partial charge is 0.248 e. The zero-order chi connectivity index (χ0) is 16.4. The Hall–Kier alpha value is -1.46. The van der Waals surface area contributed by atoms with Gasteiger partial charge in [-0.2, -0.15) is 0 Å². The third-order valence-corrected chi connectivity index (χ3v) is 6.23. The summed E-state index contributed by atoms with van der Waals surface area (Å²) in [5, 5.41) is 0. The van der Waals surface area contributed by atoms with E-state index in [9.17, 15) is 9.18 Å². The van der Waals surface area contributed by atoms with Crippen LogP contribution >= 0.6 is 0 Å². The summed E-state index contributed by atoms with van der Waals surface area (Å²) in [6.45, 7) is 5.34. The lowest BCUT2D eigenvalue weighted by molar-refractivity contribution is -0.223. The van der Waals surface area contributed by atoms with E-state index in [1.807, 2.05) is 13.8 Å². The molecule has 0 bridgehead atoms. The van der Waals surface area contributed by atoms with Gasteiger partial charge >= 0.3 is 0 Å². The SMILES string of the molecule is CC1(C)C2OCCCC2C1(N)C(=O)N1CCc2ccc(F)cc21. The zero-order valence-corrected chi connectivity index (χ0v) is 13.6. The first-order valence-corrected chi connectivity index (χ1v) is 8.38. The Morgan fingerprint density at radius 1 is 1.43 bits per heavy atom. The van der Waals surface area contributed by atoms with Gasteiger partial charge in [0.1, 0.15) is 11.4 Å². The minimum Gasteiger partial charge on any atom is -0.377 e. The van der Waals surface area contributed by atoms with E-state index in [0.717, 1.165) is 31.4 Å². The maximum absolute atomic E-state index is 13.6. The molecule has 5 heteroatoms. The van der Waals surface area contributed by atoms with E-state index in [-0.39, 0.29) is 23.7 Å². The van der Waals surface area contributed by atoms with Gasteiger partial charge in [0.15, 0.2) is 0 Å². The standard InChI is InChI=1S/C18H23FN2O2/c1-17(2)15-13(4-3-9-23-15)18(17,20)16(22)21-8-7-11-5-6-12(19)10-14(11)21/h5-6,10,13,15H,3-4,7-9,20H2,1-2H3. The van der Waals surface area contributed by atoms with Crippen LogP contribution in [0.3, 0.4) is 0 Å². The lowest BCUT2D eigenvalue weighted by Gasteiger charge is -2.65. The fraction of sp³-hybridized carbons (Fsp3) is 0.611. The first kappa shape index (κ1) is 15.1. The van der Waals surface area contributed by atoms with Crippen molar-refractivity contribution in [3.63, 3.8) is 0 Å². The number of benzene rings is 1. The maximum Gasteiger partial charge on any atom is 0.248 e. The number of rotatable bonds is 1. The number of ether oxygens (including phenoxy) is 1. The maximum atomic E-state index is 13.6. The monoisotopic (exact) mass is 318 g/mol. The van der Waals surface area contributed by atoms with Crippen molar-refractivity contribution in [2.24, 2.45) is 17.1 Å². The topological polar surface area (TPSA) is 55.6 Å². The highest BCUT2D eigenvalue weighted by Crippen LogP contribution is 2.58. The van der Waals surface area contributed by atoms with Gasteiger partial charge in [-0.1, -0.05) is 19.9 Å². The number of hydrogen-bond donors (Lipinski definition) is 1. The molecule has 1 saturated carbocycles. The van der Waals surface area contributed by atoms with Gasteiger partial charge in [-0.25, -0.2) is 4.39 Å². The Morgan fingerprint density at radius 3 is 3.00 bits per heavy atom. The number of amides is 1. The summed E-state index contributed by atoms with van der Waals surface area (Å²) in [5.74, 6) is -0.351. The number of carbonyl (C=O) groups excluding carboxylic acids is 1. The molecule has 0 aromatic heterocycles. The summed E-state index contributed by atoms with van der Waals surface area (Å²) in [4.78, 5) is 15.0. The predicted octanol–water partition coefficient (Wildman–Crippen LogP) is 2.25. The normalized spacial score (nSPS) is 34.5. The molecule has 2 N–H and O–H groups in total. The Kier molecular flexibility index (Phi) is 3.13. The largest absolute Gasteiger partial charge is 0.377 e. The number of fused-ring (bicyclic) bond motifs is 2. The van der Waals surface area contributed by atoms with Crippen molar-refractivity contribution in [1.82, 2.24) is 0 Å². The molecule has 1 saturated heterocycles. The van der Waals surface area contributed by atoms with Crippen LogP contribution in [0.1, 0.15) is 32.3 Å². The number of nitrogens with zero attached hydrogens (tertiary/aromatic N) is 1. The van der Waals surface area contributed by atoms with E-state index in [4.69, 9.17) is 10.5 Å². The molecule has 1 amide bonds. The number of anilines is 1. The predicted molar refractivity (Wildman–Crippen MR) is 85.6 cm³/mol. The Labute approximate surface area is 135 Å². The van der Waals surface area contributed by atoms with E-state index >= 15 is 0 Å². The first-order valence-electron chi connectivity index (χ1n) is 8.38. The summed E-state index contributed by atoms with van der Waals surface area (Å²) < 4.78 is 19.5. The van der Waals surface area contributed by atoms with Crippen LogP contribution in [-0.2, 0) is 16.0 Å². The first-order chi connectivity index (χ1) is 10.9. The van der Waals surface area contributed by atoms with Gasteiger partial charge in [0.25, 0.3) is 0 Å². The van der Waals surface area contributed by atoms with Crippen LogP contribution in [0.5, 0.6) is 0 Å². The molecule has 2 heterocycles. The lowest BCUT2D eigenvalue weighted by Crippen LogP contribution is -2.82. The molecule has 1 aromatic rings. The Balaban J connectivity index is 1.69. The van der Waals surface area contributed by atoms with Gasteiger partial charge in [0.2, 0.25) is 5.91 Å². The molecule has 23 heavy (non-hydrogen) atoms. The Morgan fingerprint density at radius 2 is 2.22 bits per heavy atom. The molecular formula is C18H23FN2O2. The molecule has 1 aliphatic carbocycles. The van der Waals surface area contributed by atoms with Crippen molar-refractivity contribution >= 4 is 11.6 Å². The van der Waals surface area contributed by atoms with Gasteiger partial charge < -0.3 is 15.4 Å². The molecule has 3 atom stereocenters. The summed E-state index contributed by atoms with van der Waals surface area (Å²) in [5.41, 5.74) is 7.03. The highest BCUT2D eigenvalue weighted by atomic mass is 19.1. The minimum absolute atomic E-state index is 0.0415. The molecule has 0 spiro atoms. The summed E-state index contributed by atoms with van der Waals surface area (Å²) >= 11 is 0. The summed E-state index contributed by atoms with van der Waals surface area (Å²) in [6, 6.07) is 4.66. The van der Waals surface area contributed by atoms with Crippen molar-refractivity contribution in [3.05, 3.63) is 29.6 Å². The molecule has 3 aliphatic rings. The molecular weight excluding hydrogens is 295 g/mol. The van der Waals surface area contributed by atoms with E-state index < -0.39 is 11.0 Å². The second-order valence-corrected chi connectivity index (χ2v) is 7.61. The molecule has 1 aromatic carbocycles. The van der Waals surface area contributed by atoms with Crippen molar-refractivity contribution in [2.45, 2.75) is 44.8 Å². The molecule has 4 nitrogen and oxygen atoms in total. The van der Waals surface area contributed by atoms with Crippen molar-refractivity contribution in [1.29, 1.82) is 0 Å². The summed E-state index contributed by atoms with van der Waals surface area (Å²) in [6.07, 6.45) is 2.65. The molecule has 2 fully saturated rings. The van der Waals surface area contributed by atoms with Crippen LogP contribution in [0, 0.1) is 17.2 Å². The van der Waals surface area contributed by atoms with Gasteiger partial charge in [0.05, 0.1) is 6.10 Å². The van der Waals surface area contributed by atoms with Crippen LogP contribution in [-0.4, -0.2) is 30.7 Å². The van der Waals surface area contributed by atoms with Gasteiger partial charge in [-0.05, 0) is 37.0 Å². The molecule has 0 radical (unpaired) electrons. The van der Waals surface area contributed by atoms with E-state index in [2.05, 4.69) is 0 Å². The van der Waals surface area contributed by atoms with Crippen molar-refractivity contribution in [2.75, 3.05) is 18.1 Å². The molecule has 3 unspecified atom stereocenters. The second kappa shape index (κ2) is 4.77. The van der Waals surface area contributed by atoms with E-state index in [1.165, 1.54) is 12.1 Å². The van der Waals surface area contributed by atoms with Gasteiger partial charge in [-0.15, -0.1) is 0 Å². The van der Waals surface area contributed by atoms with Crippen LogP contribution < -0.4 is 10.6 Å². The molecule has 2 aliphatic heterocycles. The zero-order valence-electron chi connectivity index (χ0n) is 13.6. The van der Waals surface area contributed by atoms with Gasteiger partial charge in [0, 0.05) is 30.2 Å². The minimum atomic E-state index is -0.938. The second-order valence-electron chi connectivity index (χ2n) is 7.61. The Bertz CT molecular complexity index is 675. The van der Waals surface area contributed by atoms with E-state index in [1.54, 1.807) is 11.0 Å². The third kappa shape index (κ3) is 1.81. The molecule has 124 valence electrons. The van der Waals surface area contributed by atoms with Crippen LogP contribution in [0.2, 0.25) is 0 Å². The average molecular weight is 318 g/mol.